The van der Waals surface area contributed by atoms with Gasteiger partial charge in [-0.2, -0.15) is 0 Å². The van der Waals surface area contributed by atoms with E-state index in [1.807, 2.05) is 13.0 Å². The van der Waals surface area contributed by atoms with Gasteiger partial charge in [-0.05, 0) is 35.3 Å². The molecule has 0 spiro atoms. The average molecular weight is 233 g/mol. The number of anilines is 2. The quantitative estimate of drug-likeness (QED) is 0.843. The highest BCUT2D eigenvalue weighted by Crippen LogP contribution is 2.68. The van der Waals surface area contributed by atoms with E-state index in [1.165, 1.54) is 0 Å². The summed E-state index contributed by atoms with van der Waals surface area (Å²) in [5.41, 5.74) is 8.42. The topological polar surface area (TPSA) is 50.9 Å². The molecule has 0 aromatic carbocycles. The van der Waals surface area contributed by atoms with Crippen LogP contribution in [0.25, 0.3) is 0 Å². The van der Waals surface area contributed by atoms with Crippen molar-refractivity contribution in [3.63, 3.8) is 0 Å². The number of nitrogen functional groups attached to an aromatic ring is 1. The zero-order valence-electron chi connectivity index (χ0n) is 11.5. The van der Waals surface area contributed by atoms with Crippen molar-refractivity contribution in [2.24, 2.45) is 16.7 Å². The van der Waals surface area contributed by atoms with E-state index in [0.717, 1.165) is 23.6 Å². The summed E-state index contributed by atoms with van der Waals surface area (Å²) in [5.74, 6) is 1.63. The van der Waals surface area contributed by atoms with Crippen molar-refractivity contribution in [1.82, 2.24) is 4.98 Å². The van der Waals surface area contributed by atoms with Crippen LogP contribution in [0.4, 0.5) is 11.5 Å². The zero-order chi connectivity index (χ0) is 12.8. The fourth-order valence-corrected chi connectivity index (χ4v) is 2.71. The van der Waals surface area contributed by atoms with Gasteiger partial charge in [0.25, 0.3) is 0 Å². The van der Waals surface area contributed by atoms with Crippen molar-refractivity contribution in [3.8, 4) is 0 Å². The molecule has 3 N–H and O–H groups in total. The number of pyridine rings is 1. The fourth-order valence-electron chi connectivity index (χ4n) is 2.71. The molecule has 2 rings (SSSR count). The Morgan fingerprint density at radius 2 is 1.88 bits per heavy atom. The number of rotatable bonds is 3. The maximum absolute atomic E-state index is 5.75. The van der Waals surface area contributed by atoms with Crippen LogP contribution in [0.3, 0.4) is 0 Å². The second-order valence-corrected chi connectivity index (χ2v) is 6.30. The van der Waals surface area contributed by atoms with Gasteiger partial charge in [0, 0.05) is 6.54 Å². The number of nitrogens with two attached hydrogens (primary N) is 1. The normalized spacial score (nSPS) is 21.2. The van der Waals surface area contributed by atoms with Crippen molar-refractivity contribution in [2.45, 2.75) is 34.6 Å². The standard InChI is InChI=1S/C14H23N3/c1-9-6-12(16-7-10(9)15)17-8-11-13(2,3)14(11,4)5/h6-7,11H,8,15H2,1-5H3,(H,16,17). The summed E-state index contributed by atoms with van der Waals surface area (Å²) in [6.45, 7) is 12.3. The Balaban J connectivity index is 1.98. The smallest absolute Gasteiger partial charge is 0.126 e. The van der Waals surface area contributed by atoms with Gasteiger partial charge in [0.05, 0.1) is 11.9 Å². The molecule has 1 aliphatic carbocycles. The maximum atomic E-state index is 5.75. The lowest BCUT2D eigenvalue weighted by Crippen LogP contribution is -2.09. The van der Waals surface area contributed by atoms with E-state index in [4.69, 9.17) is 5.73 Å². The number of aryl methyl sites for hydroxylation is 1. The van der Waals surface area contributed by atoms with Gasteiger partial charge >= 0.3 is 0 Å². The van der Waals surface area contributed by atoms with Gasteiger partial charge in [0.15, 0.2) is 0 Å². The van der Waals surface area contributed by atoms with Crippen molar-refractivity contribution < 1.29 is 0 Å². The molecule has 0 unspecified atom stereocenters. The Labute approximate surface area is 104 Å². The van der Waals surface area contributed by atoms with Crippen molar-refractivity contribution in [1.29, 1.82) is 0 Å². The number of aromatic nitrogens is 1. The monoisotopic (exact) mass is 233 g/mol. The first-order valence-corrected chi connectivity index (χ1v) is 6.23. The van der Waals surface area contributed by atoms with Crippen LogP contribution >= 0.6 is 0 Å². The van der Waals surface area contributed by atoms with Crippen LogP contribution in [-0.2, 0) is 0 Å². The fraction of sp³-hybridized carbons (Fsp3) is 0.643. The van der Waals surface area contributed by atoms with Crippen LogP contribution in [0.2, 0.25) is 0 Å². The molecule has 0 aliphatic heterocycles. The van der Waals surface area contributed by atoms with Gasteiger partial charge in [0.1, 0.15) is 5.82 Å². The van der Waals surface area contributed by atoms with E-state index in [-0.39, 0.29) is 0 Å². The third-order valence-electron chi connectivity index (χ3n) is 4.96. The Bertz CT molecular complexity index is 421. The van der Waals surface area contributed by atoms with Gasteiger partial charge in [-0.15, -0.1) is 0 Å². The summed E-state index contributed by atoms with van der Waals surface area (Å²) < 4.78 is 0. The Morgan fingerprint density at radius 1 is 1.29 bits per heavy atom. The summed E-state index contributed by atoms with van der Waals surface area (Å²) in [6.07, 6.45) is 1.72. The first-order valence-electron chi connectivity index (χ1n) is 6.23. The molecule has 0 bridgehead atoms. The Morgan fingerprint density at radius 3 is 2.35 bits per heavy atom. The van der Waals surface area contributed by atoms with Crippen LogP contribution in [0, 0.1) is 23.7 Å². The molecule has 1 saturated carbocycles. The van der Waals surface area contributed by atoms with Gasteiger partial charge in [-0.1, -0.05) is 27.7 Å². The molecule has 1 aromatic heterocycles. The zero-order valence-corrected chi connectivity index (χ0v) is 11.5. The SMILES string of the molecule is Cc1cc(NCC2C(C)(C)C2(C)C)ncc1N. The molecule has 0 atom stereocenters. The number of nitrogens with zero attached hydrogens (tertiary/aromatic N) is 1. The van der Waals surface area contributed by atoms with Crippen LogP contribution in [0.1, 0.15) is 33.3 Å². The van der Waals surface area contributed by atoms with Crippen LogP contribution in [0.15, 0.2) is 12.3 Å². The van der Waals surface area contributed by atoms with Gasteiger partial charge in [0.2, 0.25) is 0 Å². The third-order valence-corrected chi connectivity index (χ3v) is 4.96. The molecule has 1 heterocycles. The molecule has 0 radical (unpaired) electrons. The Hall–Kier alpha value is -1.25. The van der Waals surface area contributed by atoms with E-state index in [9.17, 15) is 0 Å². The molecule has 0 saturated heterocycles. The minimum absolute atomic E-state index is 0.419. The molecule has 0 amide bonds. The van der Waals surface area contributed by atoms with Gasteiger partial charge < -0.3 is 11.1 Å². The van der Waals surface area contributed by atoms with E-state index < -0.39 is 0 Å². The van der Waals surface area contributed by atoms with Crippen LogP contribution < -0.4 is 11.1 Å². The van der Waals surface area contributed by atoms with E-state index in [0.29, 0.717) is 16.7 Å². The molecule has 3 nitrogen and oxygen atoms in total. The number of nitrogens with one attached hydrogen (secondary N) is 1. The maximum Gasteiger partial charge on any atom is 0.126 e. The minimum atomic E-state index is 0.419. The second-order valence-electron chi connectivity index (χ2n) is 6.30. The highest BCUT2D eigenvalue weighted by molar-refractivity contribution is 5.51. The molecular formula is C14H23N3. The van der Waals surface area contributed by atoms with Gasteiger partial charge in [-0.25, -0.2) is 4.98 Å². The summed E-state index contributed by atoms with van der Waals surface area (Å²) >= 11 is 0. The van der Waals surface area contributed by atoms with Crippen LogP contribution in [0.5, 0.6) is 0 Å². The molecule has 3 heteroatoms. The van der Waals surface area contributed by atoms with Crippen molar-refractivity contribution >= 4 is 11.5 Å². The van der Waals surface area contributed by atoms with Crippen LogP contribution in [-0.4, -0.2) is 11.5 Å². The molecule has 1 fully saturated rings. The van der Waals surface area contributed by atoms with E-state index in [2.05, 4.69) is 38.0 Å². The largest absolute Gasteiger partial charge is 0.397 e. The summed E-state index contributed by atoms with van der Waals surface area (Å²) in [7, 11) is 0. The summed E-state index contributed by atoms with van der Waals surface area (Å²) in [6, 6.07) is 2.01. The molecule has 1 aliphatic rings. The summed E-state index contributed by atoms with van der Waals surface area (Å²) in [4.78, 5) is 4.30. The lowest BCUT2D eigenvalue weighted by Gasteiger charge is -2.08. The minimum Gasteiger partial charge on any atom is -0.397 e. The average Bonchev–Trinajstić information content (AvgIpc) is 2.61. The molecule has 1 aromatic rings. The lowest BCUT2D eigenvalue weighted by molar-refractivity contribution is 0.457. The lowest BCUT2D eigenvalue weighted by atomic mass is 10.0. The third kappa shape index (κ3) is 1.88. The molecule has 17 heavy (non-hydrogen) atoms. The number of hydrogen-bond donors (Lipinski definition) is 2. The van der Waals surface area contributed by atoms with E-state index in [1.54, 1.807) is 6.20 Å². The predicted molar refractivity (Wildman–Crippen MR) is 72.9 cm³/mol. The number of hydrogen-bond acceptors (Lipinski definition) is 3. The molecular weight excluding hydrogens is 210 g/mol. The second kappa shape index (κ2) is 3.62. The summed E-state index contributed by atoms with van der Waals surface area (Å²) in [5, 5.41) is 3.42. The van der Waals surface area contributed by atoms with E-state index >= 15 is 0 Å². The highest BCUT2D eigenvalue weighted by Gasteiger charge is 2.64. The first kappa shape index (κ1) is 12.2. The Kier molecular flexibility index (Phi) is 2.60. The first-order chi connectivity index (χ1) is 7.76. The van der Waals surface area contributed by atoms with Crippen molar-refractivity contribution in [3.05, 3.63) is 17.8 Å². The predicted octanol–water partition coefficient (Wildman–Crippen LogP) is 3.07. The van der Waals surface area contributed by atoms with Crippen molar-refractivity contribution in [2.75, 3.05) is 17.6 Å². The highest BCUT2D eigenvalue weighted by atomic mass is 15.0. The molecule has 94 valence electrons. The van der Waals surface area contributed by atoms with Gasteiger partial charge in [-0.3, -0.25) is 0 Å².